The Hall–Kier alpha value is -0.702. The standard InChI is InChI=1S/C15H16AsBrN2O/c1-8-14(18-9(2)15(17)19-8)16-13-11-6-4-3-5-10(11)7-12(13)20/h3-6,12-13,16,20H,7H2,1-2H3/t12-,13+/m0/s1. The van der Waals surface area contributed by atoms with Crippen LogP contribution in [0.3, 0.4) is 0 Å². The molecule has 1 aromatic heterocycles. The van der Waals surface area contributed by atoms with Crippen LogP contribution in [0.5, 0.6) is 0 Å². The van der Waals surface area contributed by atoms with Crippen molar-refractivity contribution in [2.24, 2.45) is 0 Å². The molecule has 5 heteroatoms. The Bertz CT molecular complexity index is 662. The van der Waals surface area contributed by atoms with E-state index in [1.807, 2.05) is 19.9 Å². The molecule has 1 N–H and O–H groups in total. The Labute approximate surface area is 133 Å². The van der Waals surface area contributed by atoms with Crippen LogP contribution in [0.25, 0.3) is 0 Å². The summed E-state index contributed by atoms with van der Waals surface area (Å²) in [5.41, 5.74) is 4.50. The van der Waals surface area contributed by atoms with Gasteiger partial charge in [0.05, 0.1) is 0 Å². The van der Waals surface area contributed by atoms with E-state index in [0.717, 1.165) is 26.9 Å². The molecule has 1 aromatic carbocycles. The van der Waals surface area contributed by atoms with Crippen LogP contribution in [0.4, 0.5) is 0 Å². The molecule has 0 fully saturated rings. The van der Waals surface area contributed by atoms with Gasteiger partial charge in [-0.2, -0.15) is 0 Å². The fourth-order valence-corrected chi connectivity index (χ4v) is 6.19. The second-order valence-corrected chi connectivity index (χ2v) is 8.78. The Kier molecular flexibility index (Phi) is 3.98. The number of benzene rings is 1. The first-order valence-corrected chi connectivity index (χ1v) is 9.64. The minimum absolute atomic E-state index is 0.250. The molecule has 0 amide bonds. The Morgan fingerprint density at radius 1 is 1.20 bits per heavy atom. The van der Waals surface area contributed by atoms with Gasteiger partial charge < -0.3 is 0 Å². The first kappa shape index (κ1) is 14.2. The molecule has 1 unspecified atom stereocenters. The molecule has 0 aliphatic heterocycles. The Balaban J connectivity index is 1.94. The summed E-state index contributed by atoms with van der Waals surface area (Å²) in [6, 6.07) is 8.37. The summed E-state index contributed by atoms with van der Waals surface area (Å²) in [5.74, 6) is 0. The van der Waals surface area contributed by atoms with E-state index >= 15 is 0 Å². The molecular formula is C15H16AsBrN2O. The van der Waals surface area contributed by atoms with Crippen molar-refractivity contribution in [1.82, 2.24) is 9.97 Å². The van der Waals surface area contributed by atoms with E-state index < -0.39 is 15.8 Å². The van der Waals surface area contributed by atoms with E-state index in [-0.39, 0.29) is 10.8 Å². The quantitative estimate of drug-likeness (QED) is 0.786. The van der Waals surface area contributed by atoms with E-state index in [1.54, 1.807) is 0 Å². The molecule has 1 aliphatic rings. The zero-order valence-electron chi connectivity index (χ0n) is 11.4. The summed E-state index contributed by atoms with van der Waals surface area (Å²) in [4.78, 5) is 9.18. The van der Waals surface area contributed by atoms with Crippen LogP contribution in [0.2, 0.25) is 0 Å². The van der Waals surface area contributed by atoms with Crippen molar-refractivity contribution < 1.29 is 5.11 Å². The van der Waals surface area contributed by atoms with Gasteiger partial charge in [0.1, 0.15) is 0 Å². The van der Waals surface area contributed by atoms with Crippen LogP contribution in [0.1, 0.15) is 27.2 Å². The predicted octanol–water partition coefficient (Wildman–Crippen LogP) is 1.58. The number of nitrogens with zero attached hydrogens (tertiary/aromatic N) is 2. The number of hydrogen-bond donors (Lipinski definition) is 1. The van der Waals surface area contributed by atoms with E-state index in [1.165, 1.54) is 11.1 Å². The zero-order valence-corrected chi connectivity index (χ0v) is 15.1. The first-order chi connectivity index (χ1) is 9.56. The van der Waals surface area contributed by atoms with Gasteiger partial charge in [-0.25, -0.2) is 0 Å². The Morgan fingerprint density at radius 3 is 2.75 bits per heavy atom. The number of aliphatic hydroxyl groups is 1. The SMILES string of the molecule is Cc1nc([AsH][C@@H]2c3ccccc3C[C@@H]2O)c(C)nc1Br. The van der Waals surface area contributed by atoms with Gasteiger partial charge >= 0.3 is 134 Å². The van der Waals surface area contributed by atoms with Crippen LogP contribution in [0, 0.1) is 13.8 Å². The number of hydrogen-bond acceptors (Lipinski definition) is 3. The van der Waals surface area contributed by atoms with Gasteiger partial charge in [-0.3, -0.25) is 0 Å². The van der Waals surface area contributed by atoms with Crippen LogP contribution >= 0.6 is 15.9 Å². The molecule has 0 bridgehead atoms. The average Bonchev–Trinajstić information content (AvgIpc) is 2.72. The summed E-state index contributed by atoms with van der Waals surface area (Å²) in [6.07, 6.45) is 0.504. The monoisotopic (exact) mass is 394 g/mol. The van der Waals surface area contributed by atoms with E-state index in [9.17, 15) is 5.11 Å². The molecule has 2 aromatic rings. The molecule has 0 saturated carbocycles. The summed E-state index contributed by atoms with van der Waals surface area (Å²) in [6.45, 7) is 3.97. The van der Waals surface area contributed by atoms with Crippen molar-refractivity contribution in [2.75, 3.05) is 0 Å². The van der Waals surface area contributed by atoms with Crippen molar-refractivity contribution >= 4 is 36.2 Å². The van der Waals surface area contributed by atoms with E-state index in [4.69, 9.17) is 0 Å². The number of halogens is 1. The molecule has 0 radical (unpaired) electrons. The number of aromatic nitrogens is 2. The molecule has 1 heterocycles. The summed E-state index contributed by atoms with van der Waals surface area (Å²) in [5, 5.41) is 10.4. The fourth-order valence-electron chi connectivity index (χ4n) is 2.61. The third kappa shape index (κ3) is 2.57. The van der Waals surface area contributed by atoms with Crippen molar-refractivity contribution in [3.63, 3.8) is 0 Å². The summed E-state index contributed by atoms with van der Waals surface area (Å²) in [7, 11) is 0. The third-order valence-electron chi connectivity index (χ3n) is 3.68. The molecular weight excluding hydrogens is 379 g/mol. The average molecular weight is 395 g/mol. The maximum atomic E-state index is 10.4. The molecule has 0 spiro atoms. The number of aryl methyl sites for hydroxylation is 2. The fraction of sp³-hybridized carbons (Fsp3) is 0.333. The van der Waals surface area contributed by atoms with Crippen LogP contribution in [-0.2, 0) is 6.42 Å². The molecule has 1 aliphatic carbocycles. The van der Waals surface area contributed by atoms with Crippen molar-refractivity contribution in [2.45, 2.75) is 31.1 Å². The zero-order chi connectivity index (χ0) is 14.3. The normalized spacial score (nSPS) is 21.6. The number of fused-ring (bicyclic) bond motifs is 1. The molecule has 3 atom stereocenters. The van der Waals surface area contributed by atoms with Gasteiger partial charge in [0.25, 0.3) is 0 Å². The molecule has 20 heavy (non-hydrogen) atoms. The van der Waals surface area contributed by atoms with Crippen LogP contribution < -0.4 is 4.48 Å². The van der Waals surface area contributed by atoms with Gasteiger partial charge in [0, 0.05) is 0 Å². The summed E-state index contributed by atoms with van der Waals surface area (Å²) >= 11 is 2.86. The topological polar surface area (TPSA) is 46.0 Å². The molecule has 3 nitrogen and oxygen atoms in total. The second kappa shape index (κ2) is 5.59. The molecule has 3 rings (SSSR count). The number of rotatable bonds is 2. The van der Waals surface area contributed by atoms with E-state index in [2.05, 4.69) is 44.1 Å². The minimum atomic E-state index is -0.558. The van der Waals surface area contributed by atoms with Crippen LogP contribution in [0.15, 0.2) is 28.9 Å². The van der Waals surface area contributed by atoms with Crippen molar-refractivity contribution in [3.8, 4) is 0 Å². The second-order valence-electron chi connectivity index (χ2n) is 5.13. The van der Waals surface area contributed by atoms with Gasteiger partial charge in [0.2, 0.25) is 0 Å². The Morgan fingerprint density at radius 2 is 1.95 bits per heavy atom. The van der Waals surface area contributed by atoms with E-state index in [0.29, 0.717) is 0 Å². The van der Waals surface area contributed by atoms with Crippen LogP contribution in [-0.4, -0.2) is 36.9 Å². The van der Waals surface area contributed by atoms with Gasteiger partial charge in [-0.05, 0) is 0 Å². The predicted molar refractivity (Wildman–Crippen MR) is 84.9 cm³/mol. The number of aliphatic hydroxyl groups excluding tert-OH is 1. The van der Waals surface area contributed by atoms with Gasteiger partial charge in [0.15, 0.2) is 0 Å². The summed E-state index contributed by atoms with van der Waals surface area (Å²) < 4.78 is 2.17. The van der Waals surface area contributed by atoms with Crippen molar-refractivity contribution in [3.05, 3.63) is 51.4 Å². The third-order valence-corrected chi connectivity index (χ3v) is 8.11. The van der Waals surface area contributed by atoms with Gasteiger partial charge in [-0.1, -0.05) is 0 Å². The van der Waals surface area contributed by atoms with Gasteiger partial charge in [-0.15, -0.1) is 0 Å². The maximum absolute atomic E-state index is 10.4. The first-order valence-electron chi connectivity index (χ1n) is 6.59. The molecule has 104 valence electrons. The van der Waals surface area contributed by atoms with Crippen molar-refractivity contribution in [1.29, 1.82) is 0 Å². The molecule has 0 saturated heterocycles.